The molecule has 5 nitrogen and oxygen atoms in total. The number of halogens is 2. The lowest BCUT2D eigenvalue weighted by molar-refractivity contribution is -0.00399. The summed E-state index contributed by atoms with van der Waals surface area (Å²) >= 11 is 0. The Morgan fingerprint density at radius 1 is 0.886 bits per heavy atom. The second-order valence-electron chi connectivity index (χ2n) is 9.19. The number of rotatable bonds is 5. The van der Waals surface area contributed by atoms with Crippen LogP contribution in [0.2, 0.25) is 0 Å². The Balaban J connectivity index is 1.45. The summed E-state index contributed by atoms with van der Waals surface area (Å²) in [6.45, 7) is 0.389. The van der Waals surface area contributed by atoms with Crippen molar-refractivity contribution in [1.29, 1.82) is 0 Å². The van der Waals surface area contributed by atoms with Crippen molar-refractivity contribution in [3.8, 4) is 0 Å². The summed E-state index contributed by atoms with van der Waals surface area (Å²) in [7, 11) is -1.94. The van der Waals surface area contributed by atoms with Crippen LogP contribution in [0.15, 0.2) is 65.6 Å². The number of hydrogen-bond acceptors (Lipinski definition) is 4. The van der Waals surface area contributed by atoms with E-state index in [1.807, 2.05) is 0 Å². The predicted octanol–water partition coefficient (Wildman–Crippen LogP) is 4.76. The summed E-state index contributed by atoms with van der Waals surface area (Å²) in [4.78, 5) is 0.204. The van der Waals surface area contributed by atoms with Gasteiger partial charge in [0.15, 0.2) is 0 Å². The summed E-state index contributed by atoms with van der Waals surface area (Å²) in [6.07, 6.45) is 1.86. The van der Waals surface area contributed by atoms with Crippen molar-refractivity contribution >= 4 is 15.7 Å². The first-order valence-corrected chi connectivity index (χ1v) is 13.3. The lowest BCUT2D eigenvalue weighted by Gasteiger charge is -2.36. The lowest BCUT2D eigenvalue weighted by Crippen LogP contribution is -2.44. The first kappa shape index (κ1) is 23.9. The number of aryl methyl sites for hydroxylation is 2. The number of hydrogen-bond donors (Lipinski definition) is 2. The molecule has 3 aromatic rings. The SMILES string of the molecule is CNc1ccc(S(=O)(=O)N[C@H]2CCO[C@@H](C3c4ccc(F)cc4CCc4cc(F)ccc43)C2)cc1. The van der Waals surface area contributed by atoms with Crippen LogP contribution < -0.4 is 10.0 Å². The molecule has 1 saturated heterocycles. The monoisotopic (exact) mass is 498 g/mol. The van der Waals surface area contributed by atoms with Crippen LogP contribution in [0.5, 0.6) is 0 Å². The van der Waals surface area contributed by atoms with Crippen LogP contribution >= 0.6 is 0 Å². The molecule has 184 valence electrons. The Bertz CT molecular complexity index is 1280. The standard InChI is InChI=1S/C27H28F2N2O3S/c1-30-21-6-8-23(9-7-21)35(32,33)31-22-12-13-34-26(16-22)27-24-10-4-19(28)14-17(24)2-3-18-15-20(29)5-11-25(18)27/h4-11,14-15,22,26-27,30-31H,2-3,12-13,16H2,1H3/t22-,26+/m0/s1. The molecular formula is C27H28F2N2O3S. The largest absolute Gasteiger partial charge is 0.388 e. The maximum absolute atomic E-state index is 14.1. The molecule has 1 fully saturated rings. The average molecular weight is 499 g/mol. The van der Waals surface area contributed by atoms with Gasteiger partial charge in [-0.05, 0) is 96.5 Å². The first-order valence-electron chi connectivity index (χ1n) is 11.8. The number of nitrogens with one attached hydrogen (secondary N) is 2. The molecule has 0 radical (unpaired) electrons. The van der Waals surface area contributed by atoms with Gasteiger partial charge in [0.2, 0.25) is 10.0 Å². The number of sulfonamides is 1. The van der Waals surface area contributed by atoms with Crippen LogP contribution in [0.3, 0.4) is 0 Å². The van der Waals surface area contributed by atoms with Crippen LogP contribution in [0.4, 0.5) is 14.5 Å². The van der Waals surface area contributed by atoms with Gasteiger partial charge in [-0.3, -0.25) is 0 Å². The van der Waals surface area contributed by atoms with E-state index >= 15 is 0 Å². The van der Waals surface area contributed by atoms with E-state index in [0.717, 1.165) is 27.9 Å². The predicted molar refractivity (Wildman–Crippen MR) is 131 cm³/mol. The van der Waals surface area contributed by atoms with Gasteiger partial charge in [0.1, 0.15) is 11.6 Å². The summed E-state index contributed by atoms with van der Waals surface area (Å²) < 4.78 is 63.3. The van der Waals surface area contributed by atoms with Gasteiger partial charge in [-0.2, -0.15) is 0 Å². The third-order valence-corrected chi connectivity index (χ3v) is 8.54. The zero-order valence-electron chi connectivity index (χ0n) is 19.4. The van der Waals surface area contributed by atoms with Crippen LogP contribution in [0, 0.1) is 11.6 Å². The van der Waals surface area contributed by atoms with Crippen molar-refractivity contribution in [3.63, 3.8) is 0 Å². The number of ether oxygens (including phenoxy) is 1. The van der Waals surface area contributed by atoms with E-state index in [4.69, 9.17) is 4.74 Å². The van der Waals surface area contributed by atoms with Gasteiger partial charge in [-0.25, -0.2) is 21.9 Å². The number of fused-ring (bicyclic) bond motifs is 2. The first-order chi connectivity index (χ1) is 16.8. The van der Waals surface area contributed by atoms with E-state index in [2.05, 4.69) is 10.0 Å². The zero-order valence-corrected chi connectivity index (χ0v) is 20.2. The van der Waals surface area contributed by atoms with E-state index in [-0.39, 0.29) is 34.6 Å². The minimum absolute atomic E-state index is 0.204. The Hall–Kier alpha value is -2.81. The van der Waals surface area contributed by atoms with Crippen molar-refractivity contribution in [2.75, 3.05) is 19.0 Å². The highest BCUT2D eigenvalue weighted by molar-refractivity contribution is 7.89. The minimum Gasteiger partial charge on any atom is -0.388 e. The van der Waals surface area contributed by atoms with Crippen LogP contribution in [0.25, 0.3) is 0 Å². The second kappa shape index (κ2) is 9.68. The Labute approximate surface area is 204 Å². The molecule has 0 aromatic heterocycles. The molecule has 0 spiro atoms. The smallest absolute Gasteiger partial charge is 0.240 e. The molecular weight excluding hydrogens is 470 g/mol. The molecule has 0 unspecified atom stereocenters. The third kappa shape index (κ3) is 4.96. The fraction of sp³-hybridized carbons (Fsp3) is 0.333. The molecule has 1 aliphatic carbocycles. The van der Waals surface area contributed by atoms with Crippen molar-refractivity contribution in [3.05, 3.63) is 94.6 Å². The Morgan fingerprint density at radius 3 is 2.06 bits per heavy atom. The zero-order chi connectivity index (χ0) is 24.6. The minimum atomic E-state index is -3.71. The molecule has 1 aliphatic heterocycles. The Morgan fingerprint density at radius 2 is 1.49 bits per heavy atom. The highest BCUT2D eigenvalue weighted by Gasteiger charge is 2.36. The molecule has 2 N–H and O–H groups in total. The molecule has 3 aromatic carbocycles. The molecule has 5 rings (SSSR count). The molecule has 0 bridgehead atoms. The summed E-state index contributed by atoms with van der Waals surface area (Å²) in [5, 5.41) is 2.98. The maximum Gasteiger partial charge on any atom is 0.240 e. The van der Waals surface area contributed by atoms with Crippen LogP contribution in [0.1, 0.15) is 41.0 Å². The van der Waals surface area contributed by atoms with Gasteiger partial charge in [0.25, 0.3) is 0 Å². The molecule has 0 amide bonds. The van der Waals surface area contributed by atoms with Gasteiger partial charge in [-0.1, -0.05) is 12.1 Å². The van der Waals surface area contributed by atoms with Gasteiger partial charge in [0, 0.05) is 31.3 Å². The summed E-state index contributed by atoms with van der Waals surface area (Å²) in [6, 6.07) is 15.8. The number of anilines is 1. The highest BCUT2D eigenvalue weighted by Crippen LogP contribution is 2.41. The van der Waals surface area contributed by atoms with Crippen molar-refractivity contribution in [2.24, 2.45) is 0 Å². The van der Waals surface area contributed by atoms with Crippen LogP contribution in [-0.2, 0) is 27.6 Å². The fourth-order valence-electron chi connectivity index (χ4n) is 5.28. The van der Waals surface area contributed by atoms with Crippen LogP contribution in [-0.4, -0.2) is 34.2 Å². The summed E-state index contributed by atoms with van der Waals surface area (Å²) in [5.74, 6) is -0.857. The van der Waals surface area contributed by atoms with E-state index in [0.29, 0.717) is 32.3 Å². The molecule has 0 saturated carbocycles. The van der Waals surface area contributed by atoms with Crippen molar-refractivity contribution < 1.29 is 21.9 Å². The average Bonchev–Trinajstić information content (AvgIpc) is 3.00. The van der Waals surface area contributed by atoms with Gasteiger partial charge >= 0.3 is 0 Å². The van der Waals surface area contributed by atoms with E-state index in [9.17, 15) is 17.2 Å². The quantitative estimate of drug-likeness (QED) is 0.532. The number of benzene rings is 3. The summed E-state index contributed by atoms with van der Waals surface area (Å²) in [5.41, 5.74) is 4.49. The maximum atomic E-state index is 14.1. The molecule has 1 heterocycles. The second-order valence-corrected chi connectivity index (χ2v) is 10.9. The molecule has 2 atom stereocenters. The lowest BCUT2D eigenvalue weighted by atomic mass is 9.80. The molecule has 8 heteroatoms. The van der Waals surface area contributed by atoms with E-state index in [1.165, 1.54) is 12.1 Å². The topological polar surface area (TPSA) is 67.4 Å². The van der Waals surface area contributed by atoms with Crippen molar-refractivity contribution in [2.45, 2.75) is 48.6 Å². The highest BCUT2D eigenvalue weighted by atomic mass is 32.2. The van der Waals surface area contributed by atoms with Gasteiger partial charge in [-0.15, -0.1) is 0 Å². The third-order valence-electron chi connectivity index (χ3n) is 7.01. The fourth-order valence-corrected chi connectivity index (χ4v) is 6.56. The van der Waals surface area contributed by atoms with Crippen molar-refractivity contribution in [1.82, 2.24) is 4.72 Å². The van der Waals surface area contributed by atoms with E-state index in [1.54, 1.807) is 55.6 Å². The van der Waals surface area contributed by atoms with E-state index < -0.39 is 10.0 Å². The molecule has 35 heavy (non-hydrogen) atoms. The van der Waals surface area contributed by atoms with Gasteiger partial charge in [0.05, 0.1) is 11.0 Å². The Kier molecular flexibility index (Phi) is 6.61. The van der Waals surface area contributed by atoms with Gasteiger partial charge < -0.3 is 10.1 Å². The normalized spacial score (nSPS) is 20.5. The molecule has 2 aliphatic rings.